The van der Waals surface area contributed by atoms with Crippen molar-refractivity contribution < 1.29 is 0 Å². The Hall–Kier alpha value is -1.39. The SMILES string of the molecule is [Si]c1ccccc1P(CCCP(c1ccccc1[Si])c1ccccc1[Si])c1ccccc1[Si]. The van der Waals surface area contributed by atoms with Crippen molar-refractivity contribution >= 4 is 98.8 Å². The van der Waals surface area contributed by atoms with Gasteiger partial charge in [-0.3, -0.25) is 0 Å². The van der Waals surface area contributed by atoms with E-state index in [1.165, 1.54) is 42.0 Å². The van der Waals surface area contributed by atoms with E-state index in [-0.39, 0.29) is 0 Å². The first kappa shape index (κ1) is 24.7. The molecule has 0 aromatic heterocycles. The quantitative estimate of drug-likeness (QED) is 0.238. The van der Waals surface area contributed by atoms with Crippen LogP contribution >= 0.6 is 15.8 Å². The standard InChI is InChI=1S/C27H22P2Si4/c30-24-14-5-1-10-20(24)28(21-11-2-6-15-25(21)31)18-9-19-29(22-12-3-7-16-26(22)32)23-13-4-8-17-27(23)33/h1-8,10-17H,9,18-19H2. The molecule has 0 nitrogen and oxygen atoms in total. The van der Waals surface area contributed by atoms with E-state index in [0.29, 0.717) is 0 Å². The van der Waals surface area contributed by atoms with E-state index < -0.39 is 15.8 Å². The second kappa shape index (κ2) is 11.8. The Morgan fingerprint density at radius 1 is 0.394 bits per heavy atom. The summed E-state index contributed by atoms with van der Waals surface area (Å²) in [6.45, 7) is 0. The highest BCUT2D eigenvalue weighted by atomic mass is 31.1. The van der Waals surface area contributed by atoms with Crippen molar-refractivity contribution in [1.82, 2.24) is 0 Å². The van der Waals surface area contributed by atoms with Crippen LogP contribution < -0.4 is 42.0 Å². The third-order valence-electron chi connectivity index (χ3n) is 5.54. The smallest absolute Gasteiger partial charge is 0.0632 e. The maximum Gasteiger partial charge on any atom is 0.0721 e. The van der Waals surface area contributed by atoms with Crippen LogP contribution in [0.4, 0.5) is 0 Å². The molecule has 156 valence electrons. The summed E-state index contributed by atoms with van der Waals surface area (Å²) in [5.41, 5.74) is 0. The summed E-state index contributed by atoms with van der Waals surface area (Å²) in [6, 6.07) is 34.7. The highest BCUT2D eigenvalue weighted by molar-refractivity contribution is 7.75. The molecule has 0 bridgehead atoms. The number of hydrogen-bond acceptors (Lipinski definition) is 0. The molecule has 0 fully saturated rings. The van der Waals surface area contributed by atoms with Crippen LogP contribution in [0.25, 0.3) is 0 Å². The third kappa shape index (κ3) is 6.00. The largest absolute Gasteiger partial charge is 0.0721 e. The van der Waals surface area contributed by atoms with Crippen molar-refractivity contribution in [2.45, 2.75) is 6.42 Å². The van der Waals surface area contributed by atoms with Gasteiger partial charge in [-0.1, -0.05) is 118 Å². The van der Waals surface area contributed by atoms with Gasteiger partial charge in [0.1, 0.15) is 0 Å². The molecule has 4 rings (SSSR count). The van der Waals surface area contributed by atoms with Crippen LogP contribution in [0.1, 0.15) is 6.42 Å². The van der Waals surface area contributed by atoms with E-state index in [1.54, 1.807) is 0 Å². The summed E-state index contributed by atoms with van der Waals surface area (Å²) in [4.78, 5) is 0. The predicted molar refractivity (Wildman–Crippen MR) is 154 cm³/mol. The van der Waals surface area contributed by atoms with Crippen molar-refractivity contribution in [2.24, 2.45) is 0 Å². The Morgan fingerprint density at radius 2 is 0.636 bits per heavy atom. The van der Waals surface area contributed by atoms with E-state index in [1.807, 2.05) is 0 Å². The Kier molecular flexibility index (Phi) is 8.87. The van der Waals surface area contributed by atoms with Crippen molar-refractivity contribution in [2.75, 3.05) is 12.3 Å². The molecule has 0 aliphatic carbocycles. The first-order valence-corrected chi connectivity index (χ1v) is 15.9. The molecule has 0 atom stereocenters. The first-order valence-electron chi connectivity index (χ1n) is 10.8. The van der Waals surface area contributed by atoms with Gasteiger partial charge in [-0.15, -0.1) is 0 Å². The van der Waals surface area contributed by atoms with Crippen molar-refractivity contribution in [3.8, 4) is 0 Å². The van der Waals surface area contributed by atoms with Gasteiger partial charge in [0, 0.05) is 0 Å². The molecule has 33 heavy (non-hydrogen) atoms. The lowest BCUT2D eigenvalue weighted by Gasteiger charge is -2.26. The monoisotopic (exact) mass is 520 g/mol. The lowest BCUT2D eigenvalue weighted by atomic mass is 10.3. The van der Waals surface area contributed by atoms with Gasteiger partial charge in [-0.05, 0) is 55.8 Å². The van der Waals surface area contributed by atoms with Crippen molar-refractivity contribution in [1.29, 1.82) is 0 Å². The molecule has 0 saturated carbocycles. The summed E-state index contributed by atoms with van der Waals surface area (Å²) in [7, 11) is 14.6. The second-order valence-corrected chi connectivity index (χ2v) is 14.4. The minimum absolute atomic E-state index is 0.487. The third-order valence-corrected chi connectivity index (χ3v) is 13.5. The summed E-state index contributed by atoms with van der Waals surface area (Å²) >= 11 is 0. The van der Waals surface area contributed by atoms with Gasteiger partial charge in [0.25, 0.3) is 0 Å². The predicted octanol–water partition coefficient (Wildman–Crippen LogP) is 0.817. The van der Waals surface area contributed by atoms with Crippen molar-refractivity contribution in [3.63, 3.8) is 0 Å². The van der Waals surface area contributed by atoms with Crippen LogP contribution in [0.2, 0.25) is 0 Å². The Bertz CT molecular complexity index is 1040. The maximum atomic E-state index is 3.88. The lowest BCUT2D eigenvalue weighted by Crippen LogP contribution is -2.35. The van der Waals surface area contributed by atoms with Crippen molar-refractivity contribution in [3.05, 3.63) is 97.1 Å². The van der Waals surface area contributed by atoms with Crippen LogP contribution in [0, 0.1) is 0 Å². The maximum absolute atomic E-state index is 3.88. The van der Waals surface area contributed by atoms with E-state index in [4.69, 9.17) is 0 Å². The summed E-state index contributed by atoms with van der Waals surface area (Å²) in [6.07, 6.45) is 3.44. The highest BCUT2D eigenvalue weighted by Gasteiger charge is 2.21. The average molecular weight is 521 g/mol. The normalized spacial score (nSPS) is 11.3. The Balaban J connectivity index is 1.64. The molecule has 6 heteroatoms. The zero-order valence-electron chi connectivity index (χ0n) is 18.3. The molecular formula is C27H22P2Si4. The molecular weight excluding hydrogens is 499 g/mol. The average Bonchev–Trinajstić information content (AvgIpc) is 2.82. The lowest BCUT2D eigenvalue weighted by molar-refractivity contribution is 1.11. The van der Waals surface area contributed by atoms with Gasteiger partial charge in [-0.2, -0.15) is 0 Å². The van der Waals surface area contributed by atoms with Gasteiger partial charge in [-0.25, -0.2) is 0 Å². The van der Waals surface area contributed by atoms with Gasteiger partial charge >= 0.3 is 0 Å². The number of hydrogen-bond donors (Lipinski definition) is 0. The van der Waals surface area contributed by atoms with Crippen LogP contribution in [0.3, 0.4) is 0 Å². The fourth-order valence-corrected chi connectivity index (χ4v) is 11.5. The molecule has 0 unspecified atom stereocenters. The molecule has 12 radical (unpaired) electrons. The van der Waals surface area contributed by atoms with Crippen LogP contribution in [0.15, 0.2) is 97.1 Å². The molecule has 0 heterocycles. The summed E-state index contributed by atoms with van der Waals surface area (Å²) in [5.74, 6) is 0. The fourth-order valence-electron chi connectivity index (χ4n) is 3.96. The molecule has 0 spiro atoms. The van der Waals surface area contributed by atoms with Gasteiger partial charge in [0.05, 0.1) is 41.0 Å². The molecule has 4 aromatic carbocycles. The highest BCUT2D eigenvalue weighted by Crippen LogP contribution is 2.38. The van der Waals surface area contributed by atoms with Crippen LogP contribution in [-0.2, 0) is 0 Å². The zero-order valence-corrected chi connectivity index (χ0v) is 24.0. The molecule has 0 N–H and O–H groups in total. The number of rotatable bonds is 8. The summed E-state index contributed by atoms with van der Waals surface area (Å²) < 4.78 is 0. The second-order valence-electron chi connectivity index (χ2n) is 7.73. The van der Waals surface area contributed by atoms with Gasteiger partial charge in [0.15, 0.2) is 0 Å². The fraction of sp³-hybridized carbons (Fsp3) is 0.111. The van der Waals surface area contributed by atoms with E-state index in [0.717, 1.165) is 18.7 Å². The van der Waals surface area contributed by atoms with E-state index in [9.17, 15) is 0 Å². The molecule has 0 aliphatic rings. The Morgan fingerprint density at radius 3 is 0.879 bits per heavy atom. The molecule has 0 amide bonds. The zero-order chi connectivity index (χ0) is 23.2. The minimum Gasteiger partial charge on any atom is -0.0632 e. The van der Waals surface area contributed by atoms with E-state index >= 15 is 0 Å². The van der Waals surface area contributed by atoms with Gasteiger partial charge in [0.2, 0.25) is 0 Å². The number of benzene rings is 4. The topological polar surface area (TPSA) is 0 Å². The Labute approximate surface area is 213 Å². The van der Waals surface area contributed by atoms with E-state index in [2.05, 4.69) is 138 Å². The molecule has 0 aliphatic heterocycles. The minimum atomic E-state index is -0.487. The summed E-state index contributed by atoms with van der Waals surface area (Å²) in [5, 5.41) is 10.4. The van der Waals surface area contributed by atoms with Crippen LogP contribution in [0.5, 0.6) is 0 Å². The van der Waals surface area contributed by atoms with Gasteiger partial charge < -0.3 is 0 Å². The van der Waals surface area contributed by atoms with Crippen LogP contribution in [-0.4, -0.2) is 53.3 Å². The molecule has 4 aromatic rings. The molecule has 0 saturated heterocycles. The first-order chi connectivity index (χ1) is 16.1.